The topological polar surface area (TPSA) is 17.1 Å². The van der Waals surface area contributed by atoms with Crippen molar-refractivity contribution in [3.63, 3.8) is 0 Å². The van der Waals surface area contributed by atoms with Gasteiger partial charge in [-0.15, -0.1) is 0 Å². The van der Waals surface area contributed by atoms with Crippen LogP contribution in [0.15, 0.2) is 40.9 Å². The van der Waals surface area contributed by atoms with Crippen LogP contribution in [0, 0.1) is 11.6 Å². The minimum Gasteiger partial charge on any atom is -0.294 e. The molecule has 2 aromatic carbocycles. The summed E-state index contributed by atoms with van der Waals surface area (Å²) in [6, 6.07) is 7.92. The number of hydrogen-bond acceptors (Lipinski definition) is 1. The molecule has 98 valence electrons. The lowest BCUT2D eigenvalue weighted by Gasteiger charge is -2.04. The summed E-state index contributed by atoms with van der Waals surface area (Å²) in [7, 11) is 0. The maximum absolute atomic E-state index is 13.5. The highest BCUT2D eigenvalue weighted by atomic mass is 79.9. The van der Waals surface area contributed by atoms with Crippen LogP contribution in [0.5, 0.6) is 0 Å². The molecule has 0 radical (unpaired) electrons. The van der Waals surface area contributed by atoms with E-state index in [0.717, 1.165) is 6.07 Å². The zero-order valence-corrected chi connectivity index (χ0v) is 11.9. The Morgan fingerprint density at radius 1 is 1.16 bits per heavy atom. The van der Waals surface area contributed by atoms with Gasteiger partial charge in [0.25, 0.3) is 0 Å². The van der Waals surface area contributed by atoms with E-state index in [-0.39, 0.29) is 17.0 Å². The molecule has 0 atom stereocenters. The molecule has 2 rings (SSSR count). The largest absolute Gasteiger partial charge is 0.294 e. The quantitative estimate of drug-likeness (QED) is 0.730. The predicted molar refractivity (Wildman–Crippen MR) is 73.5 cm³/mol. The van der Waals surface area contributed by atoms with Gasteiger partial charge in [-0.25, -0.2) is 8.78 Å². The molecule has 0 N–H and O–H groups in total. The smallest absolute Gasteiger partial charge is 0.170 e. The van der Waals surface area contributed by atoms with E-state index in [2.05, 4.69) is 15.9 Å². The van der Waals surface area contributed by atoms with Gasteiger partial charge in [-0.3, -0.25) is 4.79 Å². The first-order valence-electron chi connectivity index (χ1n) is 5.39. The molecule has 0 aliphatic carbocycles. The van der Waals surface area contributed by atoms with Crippen LogP contribution in [-0.4, -0.2) is 5.78 Å². The standard InChI is InChI=1S/C14H8BrClF2O/c15-9-3-8(4-11(17)6-9)5-14(19)12-7-10(16)1-2-13(12)18/h1-4,6-7H,5H2. The van der Waals surface area contributed by atoms with Crippen molar-refractivity contribution in [3.05, 3.63) is 68.7 Å². The number of hydrogen-bond donors (Lipinski definition) is 0. The van der Waals surface area contributed by atoms with E-state index in [1.54, 1.807) is 6.07 Å². The first-order valence-corrected chi connectivity index (χ1v) is 6.56. The van der Waals surface area contributed by atoms with Gasteiger partial charge in [-0.2, -0.15) is 0 Å². The molecule has 5 heteroatoms. The van der Waals surface area contributed by atoms with Crippen molar-refractivity contribution in [2.45, 2.75) is 6.42 Å². The third-order valence-electron chi connectivity index (χ3n) is 2.52. The molecule has 0 aliphatic heterocycles. The van der Waals surface area contributed by atoms with E-state index in [1.807, 2.05) is 0 Å². The zero-order chi connectivity index (χ0) is 14.0. The molecule has 0 bridgehead atoms. The lowest BCUT2D eigenvalue weighted by atomic mass is 10.0. The highest BCUT2D eigenvalue weighted by Crippen LogP contribution is 2.19. The summed E-state index contributed by atoms with van der Waals surface area (Å²) in [4.78, 5) is 12.0. The van der Waals surface area contributed by atoms with Gasteiger partial charge in [0.1, 0.15) is 11.6 Å². The van der Waals surface area contributed by atoms with E-state index in [4.69, 9.17) is 11.6 Å². The van der Waals surface area contributed by atoms with Crippen molar-refractivity contribution in [2.75, 3.05) is 0 Å². The van der Waals surface area contributed by atoms with Crippen molar-refractivity contribution in [1.82, 2.24) is 0 Å². The summed E-state index contributed by atoms with van der Waals surface area (Å²) in [6.07, 6.45) is -0.0897. The van der Waals surface area contributed by atoms with Crippen LogP contribution in [0.25, 0.3) is 0 Å². The minimum absolute atomic E-state index is 0.0897. The zero-order valence-electron chi connectivity index (χ0n) is 9.59. The second-order valence-corrected chi connectivity index (χ2v) is 5.35. The van der Waals surface area contributed by atoms with E-state index >= 15 is 0 Å². The number of rotatable bonds is 3. The van der Waals surface area contributed by atoms with Gasteiger partial charge in [0.2, 0.25) is 0 Å². The molecule has 0 aromatic heterocycles. The molecule has 0 aliphatic rings. The Hall–Kier alpha value is -1.26. The Balaban J connectivity index is 2.28. The van der Waals surface area contributed by atoms with Crippen molar-refractivity contribution in [3.8, 4) is 0 Å². The fourth-order valence-corrected chi connectivity index (χ4v) is 2.39. The first-order chi connectivity index (χ1) is 8.95. The highest BCUT2D eigenvalue weighted by molar-refractivity contribution is 9.10. The molecular weight excluding hydrogens is 338 g/mol. The molecule has 0 spiro atoms. The van der Waals surface area contributed by atoms with Crippen LogP contribution in [-0.2, 0) is 6.42 Å². The number of carbonyl (C=O) groups excluding carboxylic acids is 1. The van der Waals surface area contributed by atoms with Crippen LogP contribution in [0.2, 0.25) is 5.02 Å². The van der Waals surface area contributed by atoms with Crippen molar-refractivity contribution in [1.29, 1.82) is 0 Å². The Morgan fingerprint density at radius 3 is 2.58 bits per heavy atom. The molecule has 1 nitrogen and oxygen atoms in total. The number of ketones is 1. The third-order valence-corrected chi connectivity index (χ3v) is 3.21. The van der Waals surface area contributed by atoms with E-state index in [0.29, 0.717) is 10.0 Å². The summed E-state index contributed by atoms with van der Waals surface area (Å²) >= 11 is 8.87. The fraction of sp³-hybridized carbons (Fsp3) is 0.0714. The van der Waals surface area contributed by atoms with Crippen molar-refractivity contribution >= 4 is 33.3 Å². The Bertz CT molecular complexity index is 623. The average molecular weight is 346 g/mol. The Kier molecular flexibility index (Phi) is 4.32. The highest BCUT2D eigenvalue weighted by Gasteiger charge is 2.13. The maximum Gasteiger partial charge on any atom is 0.170 e. The van der Waals surface area contributed by atoms with E-state index < -0.39 is 17.4 Å². The summed E-state index contributed by atoms with van der Waals surface area (Å²) in [5, 5.41) is 0.283. The van der Waals surface area contributed by atoms with Crippen LogP contribution < -0.4 is 0 Å². The maximum atomic E-state index is 13.5. The number of carbonyl (C=O) groups is 1. The van der Waals surface area contributed by atoms with Gasteiger partial charge in [0.15, 0.2) is 5.78 Å². The molecule has 0 saturated heterocycles. The second-order valence-electron chi connectivity index (χ2n) is 4.00. The van der Waals surface area contributed by atoms with Gasteiger partial charge in [-0.05, 0) is 42.0 Å². The lowest BCUT2D eigenvalue weighted by Crippen LogP contribution is -2.06. The van der Waals surface area contributed by atoms with Crippen LogP contribution >= 0.6 is 27.5 Å². The summed E-state index contributed by atoms with van der Waals surface area (Å²) in [5.41, 5.74) is 0.379. The Morgan fingerprint density at radius 2 is 1.89 bits per heavy atom. The Labute approximate surface area is 122 Å². The lowest BCUT2D eigenvalue weighted by molar-refractivity contribution is 0.0989. The number of benzene rings is 2. The van der Waals surface area contributed by atoms with Gasteiger partial charge in [0.05, 0.1) is 5.56 Å². The third kappa shape index (κ3) is 3.61. The monoisotopic (exact) mass is 344 g/mol. The second kappa shape index (κ2) is 5.80. The first kappa shape index (κ1) is 14.2. The molecule has 0 unspecified atom stereocenters. The summed E-state index contributed by atoms with van der Waals surface area (Å²) < 4.78 is 27.2. The van der Waals surface area contributed by atoms with Crippen molar-refractivity contribution in [2.24, 2.45) is 0 Å². The minimum atomic E-state index is -0.634. The molecular formula is C14H8BrClF2O. The van der Waals surface area contributed by atoms with Gasteiger partial charge in [0, 0.05) is 15.9 Å². The predicted octanol–water partition coefficient (Wildman–Crippen LogP) is 4.81. The van der Waals surface area contributed by atoms with E-state index in [1.165, 1.54) is 24.3 Å². The molecule has 0 heterocycles. The van der Waals surface area contributed by atoms with Gasteiger partial charge in [-0.1, -0.05) is 27.5 Å². The average Bonchev–Trinajstić information content (AvgIpc) is 2.30. The fourth-order valence-electron chi connectivity index (χ4n) is 1.70. The number of halogens is 4. The van der Waals surface area contributed by atoms with Crippen molar-refractivity contribution < 1.29 is 13.6 Å². The molecule has 0 amide bonds. The van der Waals surface area contributed by atoms with Crippen LogP contribution in [0.4, 0.5) is 8.78 Å². The normalized spacial score (nSPS) is 10.5. The van der Waals surface area contributed by atoms with Crippen LogP contribution in [0.3, 0.4) is 0 Å². The summed E-state index contributed by atoms with van der Waals surface area (Å²) in [6.45, 7) is 0. The van der Waals surface area contributed by atoms with E-state index in [9.17, 15) is 13.6 Å². The molecule has 2 aromatic rings. The summed E-state index contributed by atoms with van der Waals surface area (Å²) in [5.74, 6) is -1.54. The molecule has 0 saturated carbocycles. The van der Waals surface area contributed by atoms with Crippen LogP contribution in [0.1, 0.15) is 15.9 Å². The molecule has 19 heavy (non-hydrogen) atoms. The molecule has 0 fully saturated rings. The number of Topliss-reactive ketones (excluding diaryl/α,β-unsaturated/α-hetero) is 1. The van der Waals surface area contributed by atoms with Gasteiger partial charge >= 0.3 is 0 Å². The van der Waals surface area contributed by atoms with Gasteiger partial charge < -0.3 is 0 Å². The SMILES string of the molecule is O=C(Cc1cc(F)cc(Br)c1)c1cc(Cl)ccc1F.